The molecule has 0 spiro atoms. The summed E-state index contributed by atoms with van der Waals surface area (Å²) in [6.45, 7) is 1.06. The number of nitrogens with one attached hydrogen (secondary N) is 1. The van der Waals surface area contributed by atoms with Crippen molar-refractivity contribution in [2.75, 3.05) is 11.9 Å². The fourth-order valence-corrected chi connectivity index (χ4v) is 3.00. The third-order valence-corrected chi connectivity index (χ3v) is 4.37. The molecule has 0 aliphatic rings. The smallest absolute Gasteiger partial charge is 0.318 e. The predicted molar refractivity (Wildman–Crippen MR) is 111 cm³/mol. The lowest BCUT2D eigenvalue weighted by Gasteiger charge is -2.17. The number of benzene rings is 3. The van der Waals surface area contributed by atoms with Gasteiger partial charge in [0.25, 0.3) is 0 Å². The Morgan fingerprint density at radius 3 is 1.79 bits per heavy atom. The minimum Gasteiger partial charge on any atom is -0.457 e. The molecule has 0 aromatic heterocycles. The highest BCUT2D eigenvalue weighted by molar-refractivity contribution is 5.99. The van der Waals surface area contributed by atoms with Crippen LogP contribution in [0.2, 0.25) is 0 Å². The molecule has 1 N–H and O–H groups in total. The minimum absolute atomic E-state index is 0.189. The van der Waals surface area contributed by atoms with E-state index < -0.39 is 11.9 Å². The SMILES string of the molecule is CC(=O)Nc1ccc(C(=O)COC(=O)C(c2ccccc2)c2ccccc2)cc1. The van der Waals surface area contributed by atoms with E-state index in [1.54, 1.807) is 24.3 Å². The predicted octanol–water partition coefficient (Wildman–Crippen LogP) is 4.20. The van der Waals surface area contributed by atoms with Gasteiger partial charge < -0.3 is 10.1 Å². The number of amides is 1. The van der Waals surface area contributed by atoms with Gasteiger partial charge in [0.05, 0.1) is 0 Å². The third-order valence-electron chi connectivity index (χ3n) is 4.37. The first-order chi connectivity index (χ1) is 14.0. The van der Waals surface area contributed by atoms with Crippen LogP contribution in [0.4, 0.5) is 5.69 Å². The van der Waals surface area contributed by atoms with E-state index in [1.807, 2.05) is 60.7 Å². The summed E-state index contributed by atoms with van der Waals surface area (Å²) >= 11 is 0. The second-order valence-corrected chi connectivity index (χ2v) is 6.54. The Hall–Kier alpha value is -3.73. The Kier molecular flexibility index (Phi) is 6.53. The zero-order valence-corrected chi connectivity index (χ0v) is 16.0. The van der Waals surface area contributed by atoms with E-state index in [-0.39, 0.29) is 18.3 Å². The van der Waals surface area contributed by atoms with E-state index >= 15 is 0 Å². The van der Waals surface area contributed by atoms with E-state index in [0.717, 1.165) is 11.1 Å². The Labute approximate surface area is 169 Å². The third kappa shape index (κ3) is 5.39. The molecule has 5 heteroatoms. The van der Waals surface area contributed by atoms with Crippen molar-refractivity contribution in [2.24, 2.45) is 0 Å². The van der Waals surface area contributed by atoms with Gasteiger partial charge in [0.15, 0.2) is 12.4 Å². The van der Waals surface area contributed by atoms with E-state index in [4.69, 9.17) is 4.74 Å². The van der Waals surface area contributed by atoms with Gasteiger partial charge >= 0.3 is 5.97 Å². The maximum Gasteiger partial charge on any atom is 0.318 e. The fourth-order valence-electron chi connectivity index (χ4n) is 3.00. The molecule has 0 atom stereocenters. The number of rotatable bonds is 7. The molecule has 5 nitrogen and oxygen atoms in total. The van der Waals surface area contributed by atoms with Crippen molar-refractivity contribution in [1.29, 1.82) is 0 Å². The Bertz CT molecular complexity index is 943. The van der Waals surface area contributed by atoms with Crippen molar-refractivity contribution in [1.82, 2.24) is 0 Å². The second-order valence-electron chi connectivity index (χ2n) is 6.54. The molecule has 29 heavy (non-hydrogen) atoms. The number of carbonyl (C=O) groups excluding carboxylic acids is 3. The monoisotopic (exact) mass is 387 g/mol. The highest BCUT2D eigenvalue weighted by Gasteiger charge is 2.25. The van der Waals surface area contributed by atoms with Crippen molar-refractivity contribution in [3.8, 4) is 0 Å². The van der Waals surface area contributed by atoms with Gasteiger partial charge in [-0.15, -0.1) is 0 Å². The molecule has 0 bridgehead atoms. The van der Waals surface area contributed by atoms with Gasteiger partial charge in [0.2, 0.25) is 5.91 Å². The molecular formula is C24H21NO4. The summed E-state index contributed by atoms with van der Waals surface area (Å²) < 4.78 is 5.37. The number of hydrogen-bond acceptors (Lipinski definition) is 4. The Balaban J connectivity index is 1.70. The van der Waals surface area contributed by atoms with Crippen LogP contribution in [0.3, 0.4) is 0 Å². The van der Waals surface area contributed by atoms with Crippen LogP contribution in [0.5, 0.6) is 0 Å². The first-order valence-corrected chi connectivity index (χ1v) is 9.22. The number of Topliss-reactive ketones (excluding diaryl/α,β-unsaturated/α-hetero) is 1. The lowest BCUT2D eigenvalue weighted by molar-refractivity contribution is -0.143. The molecule has 3 aromatic rings. The van der Waals surface area contributed by atoms with E-state index in [9.17, 15) is 14.4 Å². The van der Waals surface area contributed by atoms with Crippen LogP contribution >= 0.6 is 0 Å². The van der Waals surface area contributed by atoms with Gasteiger partial charge in [-0.2, -0.15) is 0 Å². The average molecular weight is 387 g/mol. The van der Waals surface area contributed by atoms with Crippen LogP contribution in [0.1, 0.15) is 34.3 Å². The van der Waals surface area contributed by atoms with Crippen LogP contribution in [-0.2, 0) is 14.3 Å². The van der Waals surface area contributed by atoms with Crippen molar-refractivity contribution in [3.05, 3.63) is 102 Å². The van der Waals surface area contributed by atoms with Crippen molar-refractivity contribution in [3.63, 3.8) is 0 Å². The van der Waals surface area contributed by atoms with E-state index in [0.29, 0.717) is 11.3 Å². The van der Waals surface area contributed by atoms with Crippen LogP contribution in [0.15, 0.2) is 84.9 Å². The van der Waals surface area contributed by atoms with Crippen LogP contribution in [0.25, 0.3) is 0 Å². The first-order valence-electron chi connectivity index (χ1n) is 9.22. The average Bonchev–Trinajstić information content (AvgIpc) is 2.74. The van der Waals surface area contributed by atoms with Crippen LogP contribution in [0, 0.1) is 0 Å². The van der Waals surface area contributed by atoms with Crippen molar-refractivity contribution >= 4 is 23.3 Å². The molecule has 3 aromatic carbocycles. The number of ether oxygens (including phenoxy) is 1. The van der Waals surface area contributed by atoms with Gasteiger partial charge in [0.1, 0.15) is 5.92 Å². The van der Waals surface area contributed by atoms with Gasteiger partial charge in [0, 0.05) is 18.2 Å². The van der Waals surface area contributed by atoms with Crippen molar-refractivity contribution < 1.29 is 19.1 Å². The maximum atomic E-state index is 12.8. The normalized spacial score (nSPS) is 10.4. The maximum absolute atomic E-state index is 12.8. The molecule has 0 saturated heterocycles. The zero-order valence-electron chi connectivity index (χ0n) is 16.0. The lowest BCUT2D eigenvalue weighted by atomic mass is 9.91. The molecule has 0 saturated carbocycles. The Morgan fingerprint density at radius 2 is 1.31 bits per heavy atom. The topological polar surface area (TPSA) is 72.5 Å². The summed E-state index contributed by atoms with van der Waals surface area (Å²) in [6, 6.07) is 25.1. The molecule has 3 rings (SSSR count). The minimum atomic E-state index is -0.604. The molecule has 0 radical (unpaired) electrons. The molecular weight excluding hydrogens is 366 g/mol. The summed E-state index contributed by atoms with van der Waals surface area (Å²) in [5, 5.41) is 2.64. The summed E-state index contributed by atoms with van der Waals surface area (Å²) in [7, 11) is 0. The molecule has 146 valence electrons. The lowest BCUT2D eigenvalue weighted by Crippen LogP contribution is -2.21. The number of esters is 1. The molecule has 0 fully saturated rings. The summed E-state index contributed by atoms with van der Waals surface area (Å²) in [5.74, 6) is -1.59. The zero-order chi connectivity index (χ0) is 20.6. The summed E-state index contributed by atoms with van der Waals surface area (Å²) in [5.41, 5.74) is 2.61. The Morgan fingerprint density at radius 1 is 0.793 bits per heavy atom. The molecule has 0 aliphatic heterocycles. The second kappa shape index (κ2) is 9.46. The van der Waals surface area contributed by atoms with Crippen molar-refractivity contribution in [2.45, 2.75) is 12.8 Å². The molecule has 1 amide bonds. The van der Waals surface area contributed by atoms with Crippen LogP contribution in [-0.4, -0.2) is 24.3 Å². The quantitative estimate of drug-likeness (QED) is 0.487. The highest BCUT2D eigenvalue weighted by Crippen LogP contribution is 2.26. The number of anilines is 1. The summed E-state index contributed by atoms with van der Waals surface area (Å²) in [4.78, 5) is 36.3. The first kappa shape index (κ1) is 20.0. The number of hydrogen-bond donors (Lipinski definition) is 1. The van der Waals surface area contributed by atoms with E-state index in [1.165, 1.54) is 6.92 Å². The summed E-state index contributed by atoms with van der Waals surface area (Å²) in [6.07, 6.45) is 0. The molecule has 0 unspecified atom stereocenters. The molecule has 0 aliphatic carbocycles. The largest absolute Gasteiger partial charge is 0.457 e. The van der Waals surface area contributed by atoms with Gasteiger partial charge in [-0.3, -0.25) is 14.4 Å². The van der Waals surface area contributed by atoms with Gasteiger partial charge in [-0.1, -0.05) is 60.7 Å². The standard InChI is InChI=1S/C24H21NO4/c1-17(26)25-21-14-12-18(13-15-21)22(27)16-29-24(28)23(19-8-4-2-5-9-19)20-10-6-3-7-11-20/h2-15,23H,16H2,1H3,(H,25,26). The number of ketones is 1. The van der Waals surface area contributed by atoms with E-state index in [2.05, 4.69) is 5.32 Å². The highest BCUT2D eigenvalue weighted by atomic mass is 16.5. The molecule has 0 heterocycles. The van der Waals surface area contributed by atoms with Gasteiger partial charge in [-0.05, 0) is 35.4 Å². The number of carbonyl (C=O) groups is 3. The fraction of sp³-hybridized carbons (Fsp3) is 0.125. The van der Waals surface area contributed by atoms with Gasteiger partial charge in [-0.25, -0.2) is 0 Å². The van der Waals surface area contributed by atoms with Crippen LogP contribution < -0.4 is 5.32 Å².